The molecule has 0 atom stereocenters. The number of aryl methyl sites for hydroxylation is 2. The average molecular weight is 308 g/mol. The Morgan fingerprint density at radius 2 is 1.76 bits per heavy atom. The summed E-state index contributed by atoms with van der Waals surface area (Å²) in [4.78, 5) is 0.419. The minimum absolute atomic E-state index is 0.333. The summed E-state index contributed by atoms with van der Waals surface area (Å²) < 4.78 is 28.2. The van der Waals surface area contributed by atoms with E-state index in [1.54, 1.807) is 6.07 Å². The molecule has 2 N–H and O–H groups in total. The SMILES string of the molecule is CC1(NS(=O)(=O)c2ccc3c(c2)CCCC3)CCNCC1. The Hall–Kier alpha value is -0.910. The molecule has 1 aliphatic heterocycles. The molecule has 1 heterocycles. The third kappa shape index (κ3) is 3.30. The van der Waals surface area contributed by atoms with Gasteiger partial charge in [-0.2, -0.15) is 0 Å². The zero-order valence-electron chi connectivity index (χ0n) is 12.6. The Labute approximate surface area is 127 Å². The molecule has 1 saturated heterocycles. The van der Waals surface area contributed by atoms with Gasteiger partial charge in [-0.25, -0.2) is 13.1 Å². The fraction of sp³-hybridized carbons (Fsp3) is 0.625. The van der Waals surface area contributed by atoms with E-state index in [1.165, 1.54) is 17.5 Å². The standard InChI is InChI=1S/C16H24N2O2S/c1-16(8-10-17-11-9-16)18-21(19,20)15-7-6-13-4-2-3-5-14(13)12-15/h6-7,12,17-18H,2-5,8-11H2,1H3. The lowest BCUT2D eigenvalue weighted by Crippen LogP contribution is -2.52. The molecule has 0 spiro atoms. The number of hydrogen-bond acceptors (Lipinski definition) is 3. The average Bonchev–Trinajstić information content (AvgIpc) is 2.46. The van der Waals surface area contributed by atoms with Gasteiger partial charge >= 0.3 is 0 Å². The summed E-state index contributed by atoms with van der Waals surface area (Å²) in [5.74, 6) is 0. The van der Waals surface area contributed by atoms with E-state index in [2.05, 4.69) is 10.0 Å². The maximum absolute atomic E-state index is 12.7. The summed E-state index contributed by atoms with van der Waals surface area (Å²) in [6.45, 7) is 3.73. The Bertz CT molecular complexity index is 619. The van der Waals surface area contributed by atoms with Gasteiger partial charge in [-0.1, -0.05) is 6.07 Å². The quantitative estimate of drug-likeness (QED) is 0.898. The van der Waals surface area contributed by atoms with Crippen molar-refractivity contribution in [2.75, 3.05) is 13.1 Å². The Morgan fingerprint density at radius 1 is 1.10 bits per heavy atom. The second kappa shape index (κ2) is 5.71. The number of piperidine rings is 1. The first-order valence-electron chi connectivity index (χ1n) is 7.85. The summed E-state index contributed by atoms with van der Waals surface area (Å²) in [6, 6.07) is 5.63. The summed E-state index contributed by atoms with van der Waals surface area (Å²) in [6.07, 6.45) is 6.11. The van der Waals surface area contributed by atoms with Crippen molar-refractivity contribution < 1.29 is 8.42 Å². The monoisotopic (exact) mass is 308 g/mol. The van der Waals surface area contributed by atoms with Gasteiger partial charge in [0.25, 0.3) is 0 Å². The normalized spacial score (nSPS) is 21.8. The first kappa shape index (κ1) is 15.0. The van der Waals surface area contributed by atoms with Gasteiger partial charge in [-0.15, -0.1) is 0 Å². The molecular formula is C16H24N2O2S. The van der Waals surface area contributed by atoms with Crippen LogP contribution in [-0.4, -0.2) is 27.0 Å². The maximum atomic E-state index is 12.7. The second-order valence-electron chi connectivity index (χ2n) is 6.55. The van der Waals surface area contributed by atoms with Crippen molar-refractivity contribution in [2.45, 2.75) is 55.9 Å². The molecule has 116 valence electrons. The first-order chi connectivity index (χ1) is 9.99. The molecule has 0 bridgehead atoms. The van der Waals surface area contributed by atoms with Crippen molar-refractivity contribution in [3.05, 3.63) is 29.3 Å². The van der Waals surface area contributed by atoms with Crippen LogP contribution < -0.4 is 10.0 Å². The number of benzene rings is 1. The van der Waals surface area contributed by atoms with E-state index in [4.69, 9.17) is 0 Å². The van der Waals surface area contributed by atoms with Crippen LogP contribution in [0.4, 0.5) is 0 Å². The van der Waals surface area contributed by atoms with Crippen molar-refractivity contribution in [3.63, 3.8) is 0 Å². The molecule has 2 aliphatic rings. The van der Waals surface area contributed by atoms with Gasteiger partial charge in [0.15, 0.2) is 0 Å². The number of sulfonamides is 1. The minimum Gasteiger partial charge on any atom is -0.317 e. The summed E-state index contributed by atoms with van der Waals surface area (Å²) >= 11 is 0. The van der Waals surface area contributed by atoms with Gasteiger partial charge in [-0.3, -0.25) is 0 Å². The molecule has 0 amide bonds. The van der Waals surface area contributed by atoms with Crippen molar-refractivity contribution in [2.24, 2.45) is 0 Å². The third-order valence-electron chi connectivity index (χ3n) is 4.72. The zero-order chi connectivity index (χ0) is 14.9. The van der Waals surface area contributed by atoms with Crippen molar-refractivity contribution in [3.8, 4) is 0 Å². The molecule has 0 radical (unpaired) electrons. The highest BCUT2D eigenvalue weighted by atomic mass is 32.2. The van der Waals surface area contributed by atoms with E-state index in [0.717, 1.165) is 45.2 Å². The first-order valence-corrected chi connectivity index (χ1v) is 9.33. The highest BCUT2D eigenvalue weighted by Crippen LogP contribution is 2.26. The lowest BCUT2D eigenvalue weighted by Gasteiger charge is -2.34. The fourth-order valence-corrected chi connectivity index (χ4v) is 4.86. The predicted octanol–water partition coefficient (Wildman–Crippen LogP) is 1.99. The van der Waals surface area contributed by atoms with E-state index in [9.17, 15) is 8.42 Å². The maximum Gasteiger partial charge on any atom is 0.241 e. The summed E-state index contributed by atoms with van der Waals surface area (Å²) in [5, 5.41) is 3.27. The minimum atomic E-state index is -3.43. The molecule has 3 rings (SSSR count). The smallest absolute Gasteiger partial charge is 0.241 e. The van der Waals surface area contributed by atoms with Crippen LogP contribution in [0.3, 0.4) is 0 Å². The zero-order valence-corrected chi connectivity index (χ0v) is 13.4. The predicted molar refractivity (Wildman–Crippen MR) is 83.9 cm³/mol. The van der Waals surface area contributed by atoms with Gasteiger partial charge in [0.2, 0.25) is 10.0 Å². The van der Waals surface area contributed by atoms with Crippen LogP contribution in [0.25, 0.3) is 0 Å². The molecule has 0 saturated carbocycles. The van der Waals surface area contributed by atoms with E-state index in [-0.39, 0.29) is 5.54 Å². The highest BCUT2D eigenvalue weighted by Gasteiger charge is 2.32. The molecule has 1 aromatic carbocycles. The molecule has 4 nitrogen and oxygen atoms in total. The number of hydrogen-bond donors (Lipinski definition) is 2. The Balaban J connectivity index is 1.84. The van der Waals surface area contributed by atoms with Gasteiger partial charge < -0.3 is 5.32 Å². The molecule has 0 unspecified atom stereocenters. The molecular weight excluding hydrogens is 284 g/mol. The van der Waals surface area contributed by atoms with Crippen LogP contribution in [-0.2, 0) is 22.9 Å². The van der Waals surface area contributed by atoms with Crippen LogP contribution in [0.5, 0.6) is 0 Å². The topological polar surface area (TPSA) is 58.2 Å². The molecule has 1 fully saturated rings. The number of rotatable bonds is 3. The van der Waals surface area contributed by atoms with Gasteiger partial charge in [0.05, 0.1) is 4.90 Å². The molecule has 0 aromatic heterocycles. The van der Waals surface area contributed by atoms with Crippen LogP contribution >= 0.6 is 0 Å². The van der Waals surface area contributed by atoms with Crippen LogP contribution in [0, 0.1) is 0 Å². The van der Waals surface area contributed by atoms with Gasteiger partial charge in [0.1, 0.15) is 0 Å². The summed E-state index contributed by atoms with van der Waals surface area (Å²) in [5.41, 5.74) is 2.19. The van der Waals surface area contributed by atoms with Crippen LogP contribution in [0.2, 0.25) is 0 Å². The fourth-order valence-electron chi connectivity index (χ4n) is 3.34. The number of fused-ring (bicyclic) bond motifs is 1. The Morgan fingerprint density at radius 3 is 2.48 bits per heavy atom. The molecule has 5 heteroatoms. The van der Waals surface area contributed by atoms with Crippen molar-refractivity contribution in [1.82, 2.24) is 10.0 Å². The molecule has 21 heavy (non-hydrogen) atoms. The molecule has 1 aliphatic carbocycles. The largest absolute Gasteiger partial charge is 0.317 e. The third-order valence-corrected chi connectivity index (χ3v) is 6.35. The van der Waals surface area contributed by atoms with E-state index >= 15 is 0 Å². The second-order valence-corrected chi connectivity index (χ2v) is 8.24. The number of nitrogens with one attached hydrogen (secondary N) is 2. The lowest BCUT2D eigenvalue weighted by molar-refractivity contribution is 0.308. The van der Waals surface area contributed by atoms with Gasteiger partial charge in [-0.05, 0) is 81.8 Å². The van der Waals surface area contributed by atoms with Crippen LogP contribution in [0.15, 0.2) is 23.1 Å². The van der Waals surface area contributed by atoms with Crippen molar-refractivity contribution in [1.29, 1.82) is 0 Å². The Kier molecular flexibility index (Phi) is 4.08. The van der Waals surface area contributed by atoms with E-state index in [0.29, 0.717) is 4.90 Å². The van der Waals surface area contributed by atoms with E-state index in [1.807, 2.05) is 19.1 Å². The summed E-state index contributed by atoms with van der Waals surface area (Å²) in [7, 11) is -3.43. The van der Waals surface area contributed by atoms with E-state index < -0.39 is 10.0 Å². The lowest BCUT2D eigenvalue weighted by atomic mass is 9.92. The molecule has 1 aromatic rings. The van der Waals surface area contributed by atoms with Crippen molar-refractivity contribution >= 4 is 10.0 Å². The van der Waals surface area contributed by atoms with Crippen LogP contribution in [0.1, 0.15) is 43.7 Å². The highest BCUT2D eigenvalue weighted by molar-refractivity contribution is 7.89. The van der Waals surface area contributed by atoms with Gasteiger partial charge in [0, 0.05) is 5.54 Å².